The number of benzene rings is 2. The summed E-state index contributed by atoms with van der Waals surface area (Å²) in [5.41, 5.74) is 2.90. The minimum atomic E-state index is -3.57. The van der Waals surface area contributed by atoms with Crippen LogP contribution in [0.2, 0.25) is 0 Å². The van der Waals surface area contributed by atoms with Gasteiger partial charge >= 0.3 is 0 Å². The van der Waals surface area contributed by atoms with Crippen molar-refractivity contribution in [1.29, 1.82) is 0 Å². The molecule has 1 saturated carbocycles. The van der Waals surface area contributed by atoms with Crippen molar-refractivity contribution in [1.82, 2.24) is 10.2 Å². The van der Waals surface area contributed by atoms with Crippen molar-refractivity contribution in [3.05, 3.63) is 65.0 Å². The van der Waals surface area contributed by atoms with Gasteiger partial charge in [-0.25, -0.2) is 12.8 Å². The number of anilines is 1. The van der Waals surface area contributed by atoms with E-state index in [1.54, 1.807) is 31.2 Å². The minimum Gasteiger partial charge on any atom is -0.352 e. The van der Waals surface area contributed by atoms with Gasteiger partial charge in [-0.3, -0.25) is 13.9 Å². The third-order valence-corrected chi connectivity index (χ3v) is 8.54. The van der Waals surface area contributed by atoms with Gasteiger partial charge in [-0.2, -0.15) is 0 Å². The Bertz CT molecular complexity index is 1230. The predicted molar refractivity (Wildman–Crippen MR) is 149 cm³/mol. The van der Waals surface area contributed by atoms with Crippen LogP contribution in [0.5, 0.6) is 0 Å². The van der Waals surface area contributed by atoms with Gasteiger partial charge in [0.25, 0.3) is 0 Å². The Morgan fingerprint density at radius 1 is 1.05 bits per heavy atom. The zero-order valence-electron chi connectivity index (χ0n) is 22.9. The lowest BCUT2D eigenvalue weighted by molar-refractivity contribution is -0.141. The third kappa shape index (κ3) is 8.03. The van der Waals surface area contributed by atoms with E-state index in [1.807, 2.05) is 26.0 Å². The minimum absolute atomic E-state index is 0.0202. The van der Waals surface area contributed by atoms with Gasteiger partial charge in [0.05, 0.1) is 11.9 Å². The van der Waals surface area contributed by atoms with Gasteiger partial charge in [-0.15, -0.1) is 0 Å². The molecule has 1 fully saturated rings. The van der Waals surface area contributed by atoms with Crippen molar-refractivity contribution in [3.8, 4) is 0 Å². The van der Waals surface area contributed by atoms with Crippen molar-refractivity contribution in [2.24, 2.45) is 0 Å². The van der Waals surface area contributed by atoms with E-state index in [-0.39, 0.29) is 43.8 Å². The average Bonchev–Trinajstić information content (AvgIpc) is 2.87. The van der Waals surface area contributed by atoms with Crippen molar-refractivity contribution < 1.29 is 22.4 Å². The number of aryl methyl sites for hydroxylation is 2. The number of nitrogens with zero attached hydrogens (tertiary/aromatic N) is 2. The predicted octanol–water partition coefficient (Wildman–Crippen LogP) is 4.85. The van der Waals surface area contributed by atoms with Crippen LogP contribution in [0.1, 0.15) is 68.6 Å². The summed E-state index contributed by atoms with van der Waals surface area (Å²) < 4.78 is 40.9. The highest BCUT2D eigenvalue weighted by Crippen LogP contribution is 2.23. The normalized spacial score (nSPS) is 15.1. The molecule has 2 amide bonds. The number of hydrogen-bond donors (Lipinski definition) is 1. The molecule has 1 atom stereocenters. The quantitative estimate of drug-likeness (QED) is 0.437. The summed E-state index contributed by atoms with van der Waals surface area (Å²) in [7, 11) is -3.57. The van der Waals surface area contributed by atoms with Crippen LogP contribution in [0.25, 0.3) is 0 Å². The number of halogens is 1. The number of sulfonamides is 1. The fourth-order valence-electron chi connectivity index (χ4n) is 4.85. The molecular weight excluding hydrogens is 505 g/mol. The maximum absolute atomic E-state index is 14.5. The molecule has 38 heavy (non-hydrogen) atoms. The topological polar surface area (TPSA) is 86.8 Å². The third-order valence-electron chi connectivity index (χ3n) is 7.35. The lowest BCUT2D eigenvalue weighted by atomic mass is 9.95. The van der Waals surface area contributed by atoms with Crippen LogP contribution in [0, 0.1) is 19.7 Å². The van der Waals surface area contributed by atoms with E-state index in [1.165, 1.54) is 15.3 Å². The monoisotopic (exact) mass is 545 g/mol. The summed E-state index contributed by atoms with van der Waals surface area (Å²) in [5, 5.41) is 3.07. The molecule has 1 aliphatic carbocycles. The van der Waals surface area contributed by atoms with E-state index in [0.29, 0.717) is 11.3 Å². The molecule has 0 unspecified atom stereocenters. The largest absolute Gasteiger partial charge is 0.352 e. The summed E-state index contributed by atoms with van der Waals surface area (Å²) in [6.07, 6.45) is 6.54. The molecule has 1 N–H and O–H groups in total. The van der Waals surface area contributed by atoms with E-state index in [0.717, 1.165) is 49.5 Å². The second-order valence-electron chi connectivity index (χ2n) is 10.3. The van der Waals surface area contributed by atoms with E-state index < -0.39 is 21.9 Å². The first-order chi connectivity index (χ1) is 18.0. The van der Waals surface area contributed by atoms with E-state index in [9.17, 15) is 22.4 Å². The summed E-state index contributed by atoms with van der Waals surface area (Å²) >= 11 is 0. The van der Waals surface area contributed by atoms with Crippen molar-refractivity contribution in [2.45, 2.75) is 84.3 Å². The van der Waals surface area contributed by atoms with Gasteiger partial charge in [0, 0.05) is 31.1 Å². The summed E-state index contributed by atoms with van der Waals surface area (Å²) in [5.74, 6) is -1.02. The molecule has 0 saturated heterocycles. The zero-order valence-corrected chi connectivity index (χ0v) is 23.7. The molecule has 0 aliphatic heterocycles. The first-order valence-electron chi connectivity index (χ1n) is 13.4. The second kappa shape index (κ2) is 13.2. The van der Waals surface area contributed by atoms with Gasteiger partial charge in [0.1, 0.15) is 11.9 Å². The second-order valence-corrected chi connectivity index (χ2v) is 12.2. The summed E-state index contributed by atoms with van der Waals surface area (Å²) in [4.78, 5) is 27.9. The van der Waals surface area contributed by atoms with Crippen LogP contribution < -0.4 is 9.62 Å². The standard InChI is InChI=1S/C29H40FN3O4S/c1-21-16-17-26(19-22(21)2)33(38(4,36)37)18-10-15-28(34)32(20-24-11-8-9-14-27(24)30)23(3)29(35)31-25-12-6-5-7-13-25/h8-9,11,14,16-17,19,23,25H,5-7,10,12-13,15,18,20H2,1-4H3,(H,31,35)/t23-/m0/s1. The van der Waals surface area contributed by atoms with Gasteiger partial charge < -0.3 is 10.2 Å². The highest BCUT2D eigenvalue weighted by atomic mass is 32.2. The van der Waals surface area contributed by atoms with Gasteiger partial charge in [0.2, 0.25) is 21.8 Å². The zero-order chi connectivity index (χ0) is 27.9. The van der Waals surface area contributed by atoms with Crippen LogP contribution in [0.4, 0.5) is 10.1 Å². The van der Waals surface area contributed by atoms with Crippen LogP contribution in [0.3, 0.4) is 0 Å². The number of nitrogens with one attached hydrogen (secondary N) is 1. The van der Waals surface area contributed by atoms with E-state index >= 15 is 0 Å². The van der Waals surface area contributed by atoms with Gasteiger partial charge in [-0.1, -0.05) is 43.5 Å². The Morgan fingerprint density at radius 3 is 2.37 bits per heavy atom. The molecule has 1 aliphatic rings. The number of carbonyl (C=O) groups excluding carboxylic acids is 2. The van der Waals surface area contributed by atoms with Crippen molar-refractivity contribution in [3.63, 3.8) is 0 Å². The van der Waals surface area contributed by atoms with E-state index in [4.69, 9.17) is 0 Å². The molecule has 0 spiro atoms. The van der Waals surface area contributed by atoms with Crippen molar-refractivity contribution in [2.75, 3.05) is 17.1 Å². The Kier molecular flexibility index (Phi) is 10.3. The van der Waals surface area contributed by atoms with E-state index in [2.05, 4.69) is 5.32 Å². The molecule has 3 rings (SSSR count). The van der Waals surface area contributed by atoms with Crippen LogP contribution in [-0.4, -0.2) is 50.0 Å². The van der Waals surface area contributed by atoms with Crippen LogP contribution in [0.15, 0.2) is 42.5 Å². The Morgan fingerprint density at radius 2 is 1.74 bits per heavy atom. The number of rotatable bonds is 11. The fraction of sp³-hybridized carbons (Fsp3) is 0.517. The molecule has 0 aromatic heterocycles. The maximum atomic E-state index is 14.5. The number of carbonyl (C=O) groups is 2. The lowest BCUT2D eigenvalue weighted by Crippen LogP contribution is -2.50. The van der Waals surface area contributed by atoms with Crippen LogP contribution >= 0.6 is 0 Å². The average molecular weight is 546 g/mol. The first-order valence-corrected chi connectivity index (χ1v) is 15.2. The Labute approximate surface area is 226 Å². The molecule has 2 aromatic carbocycles. The molecule has 208 valence electrons. The molecule has 0 bridgehead atoms. The SMILES string of the molecule is Cc1ccc(N(CCCC(=O)N(Cc2ccccc2F)[C@@H](C)C(=O)NC2CCCCC2)S(C)(=O)=O)cc1C. The Hall–Kier alpha value is -2.94. The first kappa shape index (κ1) is 29.6. The number of amides is 2. The Balaban J connectivity index is 1.73. The maximum Gasteiger partial charge on any atom is 0.242 e. The molecule has 0 radical (unpaired) electrons. The summed E-state index contributed by atoms with van der Waals surface area (Å²) in [6, 6.07) is 11.0. The van der Waals surface area contributed by atoms with Gasteiger partial charge in [0.15, 0.2) is 0 Å². The van der Waals surface area contributed by atoms with Crippen molar-refractivity contribution >= 4 is 27.5 Å². The molecule has 9 heteroatoms. The molecule has 0 heterocycles. The fourth-order valence-corrected chi connectivity index (χ4v) is 5.80. The highest BCUT2D eigenvalue weighted by Gasteiger charge is 2.29. The van der Waals surface area contributed by atoms with Crippen LogP contribution in [-0.2, 0) is 26.2 Å². The lowest BCUT2D eigenvalue weighted by Gasteiger charge is -2.31. The smallest absolute Gasteiger partial charge is 0.242 e. The molecular formula is C29H40FN3O4S. The molecule has 2 aromatic rings. The highest BCUT2D eigenvalue weighted by molar-refractivity contribution is 7.92. The van der Waals surface area contributed by atoms with Gasteiger partial charge in [-0.05, 0) is 69.4 Å². The summed E-state index contributed by atoms with van der Waals surface area (Å²) in [6.45, 7) is 5.61. The molecule has 7 nitrogen and oxygen atoms in total. The number of hydrogen-bond acceptors (Lipinski definition) is 4.